The number of unbranched alkanes of at least 4 members (excludes halogenated alkanes) is 1. The number of nitrogens with zero attached hydrogens (tertiary/aromatic N) is 2. The zero-order valence-corrected chi connectivity index (χ0v) is 20.3. The van der Waals surface area contributed by atoms with E-state index in [-0.39, 0.29) is 0 Å². The van der Waals surface area contributed by atoms with Gasteiger partial charge in [0.2, 0.25) is 0 Å². The number of aryl methyl sites for hydroxylation is 1. The smallest absolute Gasteiger partial charge is 0.190 e. The highest BCUT2D eigenvalue weighted by Gasteiger charge is 2.18. The Hall–Kier alpha value is -2.31. The number of anilines is 2. The first-order chi connectivity index (χ1) is 15.7. The maximum Gasteiger partial charge on any atom is 0.190 e. The van der Waals surface area contributed by atoms with E-state index in [4.69, 9.17) is 14.5 Å². The number of methoxy groups -OCH3 is 2. The molecule has 6 heteroatoms. The summed E-state index contributed by atoms with van der Waals surface area (Å²) in [7, 11) is 3.36. The van der Waals surface area contributed by atoms with Crippen LogP contribution in [0.2, 0.25) is 0 Å². The van der Waals surface area contributed by atoms with Crippen molar-refractivity contribution >= 4 is 32.4 Å². The van der Waals surface area contributed by atoms with E-state index in [1.807, 2.05) is 6.07 Å². The van der Waals surface area contributed by atoms with Crippen molar-refractivity contribution in [1.82, 2.24) is 10.3 Å². The van der Waals surface area contributed by atoms with Crippen molar-refractivity contribution in [2.75, 3.05) is 32.2 Å². The van der Waals surface area contributed by atoms with Gasteiger partial charge < -0.3 is 19.7 Å². The number of thiazole rings is 1. The second-order valence-corrected chi connectivity index (χ2v) is 9.49. The summed E-state index contributed by atoms with van der Waals surface area (Å²) in [5, 5.41) is 4.77. The van der Waals surface area contributed by atoms with Crippen molar-refractivity contribution < 1.29 is 9.47 Å². The van der Waals surface area contributed by atoms with Gasteiger partial charge in [0, 0.05) is 24.3 Å². The third kappa shape index (κ3) is 5.36. The first-order valence-corrected chi connectivity index (χ1v) is 12.7. The highest BCUT2D eigenvalue weighted by atomic mass is 32.1. The van der Waals surface area contributed by atoms with Gasteiger partial charge in [-0.05, 0) is 68.5 Å². The van der Waals surface area contributed by atoms with Crippen molar-refractivity contribution in [3.8, 4) is 11.5 Å². The molecule has 0 unspecified atom stereocenters. The number of aromatic nitrogens is 1. The standard InChI is InChI=1S/C26H35N3O2S/c1-4-19-11-13-22-25(17-19)32-26(28-22)29(16-8-7-15-27-20-9-5-6-10-20)21-12-14-23(30-2)24(18-21)31-3/h11-14,17-18,20,27H,4-10,15-16H2,1-3H3. The third-order valence-corrected chi connectivity index (χ3v) is 7.40. The molecule has 1 aliphatic rings. The monoisotopic (exact) mass is 453 g/mol. The molecule has 5 nitrogen and oxygen atoms in total. The quantitative estimate of drug-likeness (QED) is 0.344. The molecule has 0 atom stereocenters. The third-order valence-electron chi connectivity index (χ3n) is 6.36. The van der Waals surface area contributed by atoms with Gasteiger partial charge in [-0.25, -0.2) is 4.98 Å². The van der Waals surface area contributed by atoms with Crippen LogP contribution in [0.25, 0.3) is 10.2 Å². The van der Waals surface area contributed by atoms with Crippen LogP contribution in [-0.4, -0.2) is 38.3 Å². The van der Waals surface area contributed by atoms with Crippen LogP contribution < -0.4 is 19.7 Å². The van der Waals surface area contributed by atoms with Gasteiger partial charge in [-0.2, -0.15) is 0 Å². The molecule has 0 aliphatic heterocycles. The molecule has 32 heavy (non-hydrogen) atoms. The zero-order chi connectivity index (χ0) is 22.3. The van der Waals surface area contributed by atoms with E-state index in [1.54, 1.807) is 25.6 Å². The van der Waals surface area contributed by atoms with Gasteiger partial charge in [0.1, 0.15) is 0 Å². The minimum Gasteiger partial charge on any atom is -0.493 e. The minimum absolute atomic E-state index is 0.731. The molecule has 1 saturated carbocycles. The van der Waals surface area contributed by atoms with E-state index in [9.17, 15) is 0 Å². The number of rotatable bonds is 11. The van der Waals surface area contributed by atoms with Crippen molar-refractivity contribution in [2.45, 2.75) is 57.9 Å². The normalized spacial score (nSPS) is 14.2. The van der Waals surface area contributed by atoms with Crippen LogP contribution in [0.15, 0.2) is 36.4 Å². The molecule has 0 amide bonds. The molecule has 3 aromatic rings. The van der Waals surface area contributed by atoms with E-state index in [2.05, 4.69) is 47.5 Å². The zero-order valence-electron chi connectivity index (χ0n) is 19.5. The summed E-state index contributed by atoms with van der Waals surface area (Å²) in [4.78, 5) is 7.31. The highest BCUT2D eigenvalue weighted by molar-refractivity contribution is 7.22. The number of ether oxygens (including phenoxy) is 2. The van der Waals surface area contributed by atoms with Crippen LogP contribution >= 0.6 is 11.3 Å². The topological polar surface area (TPSA) is 46.6 Å². The predicted octanol–water partition coefficient (Wildman–Crippen LogP) is 6.33. The summed E-state index contributed by atoms with van der Waals surface area (Å²) < 4.78 is 12.3. The lowest BCUT2D eigenvalue weighted by Gasteiger charge is -2.23. The SMILES string of the molecule is CCc1ccc2nc(N(CCCCNC3CCCC3)c3ccc(OC)c(OC)c3)sc2c1. The molecule has 2 aromatic carbocycles. The van der Waals surface area contributed by atoms with Crippen molar-refractivity contribution in [1.29, 1.82) is 0 Å². The predicted molar refractivity (Wildman–Crippen MR) is 135 cm³/mol. The molecular formula is C26H35N3O2S. The fourth-order valence-electron chi connectivity index (χ4n) is 4.45. The molecule has 4 rings (SSSR count). The van der Waals surface area contributed by atoms with E-state index in [1.165, 1.54) is 35.9 Å². The minimum atomic E-state index is 0.731. The number of benzene rings is 2. The first kappa shape index (κ1) is 22.9. The van der Waals surface area contributed by atoms with Crippen LogP contribution in [0.4, 0.5) is 10.8 Å². The van der Waals surface area contributed by atoms with Gasteiger partial charge in [0.15, 0.2) is 16.6 Å². The Morgan fingerprint density at radius 3 is 2.59 bits per heavy atom. The molecule has 1 fully saturated rings. The summed E-state index contributed by atoms with van der Waals surface area (Å²) in [5.74, 6) is 1.49. The summed E-state index contributed by atoms with van der Waals surface area (Å²) in [5.41, 5.74) is 3.50. The van der Waals surface area contributed by atoms with Gasteiger partial charge in [-0.1, -0.05) is 37.2 Å². The van der Waals surface area contributed by atoms with Crippen LogP contribution in [0.3, 0.4) is 0 Å². The number of nitrogens with one attached hydrogen (secondary N) is 1. The Bertz CT molecular complexity index is 1010. The lowest BCUT2D eigenvalue weighted by atomic mass is 10.2. The lowest BCUT2D eigenvalue weighted by Crippen LogP contribution is -2.27. The molecule has 1 N–H and O–H groups in total. The van der Waals surface area contributed by atoms with Crippen molar-refractivity contribution in [3.63, 3.8) is 0 Å². The molecule has 0 spiro atoms. The Labute approximate surface area is 195 Å². The fourth-order valence-corrected chi connectivity index (χ4v) is 5.53. The number of fused-ring (bicyclic) bond motifs is 1. The average Bonchev–Trinajstić information content (AvgIpc) is 3.50. The molecule has 0 bridgehead atoms. The van der Waals surface area contributed by atoms with E-state index >= 15 is 0 Å². The number of hydrogen-bond donors (Lipinski definition) is 1. The van der Waals surface area contributed by atoms with Gasteiger partial charge in [0.05, 0.1) is 24.4 Å². The van der Waals surface area contributed by atoms with Crippen molar-refractivity contribution in [2.24, 2.45) is 0 Å². The molecule has 1 heterocycles. The molecular weight excluding hydrogens is 418 g/mol. The van der Waals surface area contributed by atoms with Gasteiger partial charge in [-0.3, -0.25) is 0 Å². The van der Waals surface area contributed by atoms with Crippen LogP contribution in [0.1, 0.15) is 51.0 Å². The first-order valence-electron chi connectivity index (χ1n) is 11.8. The summed E-state index contributed by atoms with van der Waals surface area (Å²) in [6, 6.07) is 13.5. The van der Waals surface area contributed by atoms with Gasteiger partial charge in [-0.15, -0.1) is 0 Å². The maximum absolute atomic E-state index is 5.57. The van der Waals surface area contributed by atoms with E-state index < -0.39 is 0 Å². The van der Waals surface area contributed by atoms with Crippen LogP contribution in [-0.2, 0) is 6.42 Å². The van der Waals surface area contributed by atoms with E-state index in [0.717, 1.165) is 66.2 Å². The second kappa shape index (κ2) is 11.0. The fraction of sp³-hybridized carbons (Fsp3) is 0.500. The van der Waals surface area contributed by atoms with Crippen LogP contribution in [0, 0.1) is 0 Å². The van der Waals surface area contributed by atoms with E-state index in [0.29, 0.717) is 0 Å². The van der Waals surface area contributed by atoms with Gasteiger partial charge in [0.25, 0.3) is 0 Å². The number of hydrogen-bond acceptors (Lipinski definition) is 6. The van der Waals surface area contributed by atoms with Crippen LogP contribution in [0.5, 0.6) is 11.5 Å². The Kier molecular flexibility index (Phi) is 7.87. The molecule has 1 aliphatic carbocycles. The largest absolute Gasteiger partial charge is 0.493 e. The Morgan fingerprint density at radius 1 is 1.03 bits per heavy atom. The molecule has 0 radical (unpaired) electrons. The lowest BCUT2D eigenvalue weighted by molar-refractivity contribution is 0.355. The summed E-state index contributed by atoms with van der Waals surface area (Å²) in [6.07, 6.45) is 8.72. The summed E-state index contributed by atoms with van der Waals surface area (Å²) in [6.45, 7) is 4.20. The summed E-state index contributed by atoms with van der Waals surface area (Å²) >= 11 is 1.76. The second-order valence-electron chi connectivity index (χ2n) is 8.49. The molecule has 1 aromatic heterocycles. The van der Waals surface area contributed by atoms with Crippen molar-refractivity contribution in [3.05, 3.63) is 42.0 Å². The Balaban J connectivity index is 1.53. The highest BCUT2D eigenvalue weighted by Crippen LogP contribution is 2.38. The molecule has 172 valence electrons. The molecule has 0 saturated heterocycles. The Morgan fingerprint density at radius 2 is 1.84 bits per heavy atom. The maximum atomic E-state index is 5.57. The van der Waals surface area contributed by atoms with Gasteiger partial charge >= 0.3 is 0 Å². The average molecular weight is 454 g/mol.